The Hall–Kier alpha value is -1.26. The molecule has 0 bridgehead atoms. The van der Waals surface area contributed by atoms with Gasteiger partial charge in [-0.3, -0.25) is 0 Å². The van der Waals surface area contributed by atoms with E-state index in [4.69, 9.17) is 5.11 Å². The molecule has 2 N–H and O–H groups in total. The molecule has 1 saturated carbocycles. The lowest BCUT2D eigenvalue weighted by Crippen LogP contribution is -2.48. The normalized spacial score (nSPS) is 16.6. The third-order valence-electron chi connectivity index (χ3n) is 2.85. The highest BCUT2D eigenvalue weighted by molar-refractivity contribution is 5.82. The summed E-state index contributed by atoms with van der Waals surface area (Å²) in [6.07, 6.45) is 2.77. The lowest BCUT2D eigenvalue weighted by molar-refractivity contribution is -0.139. The summed E-state index contributed by atoms with van der Waals surface area (Å²) in [6, 6.07) is -1.04. The lowest BCUT2D eigenvalue weighted by Gasteiger charge is -2.23. The fourth-order valence-corrected chi connectivity index (χ4v) is 1.55. The zero-order valence-corrected chi connectivity index (χ0v) is 9.90. The number of nitrogens with one attached hydrogen (secondary N) is 1. The predicted octanol–water partition coefficient (Wildman–Crippen LogP) is 1.29. The fourth-order valence-electron chi connectivity index (χ4n) is 1.55. The first-order chi connectivity index (χ1) is 7.58. The first kappa shape index (κ1) is 12.8. The van der Waals surface area contributed by atoms with Crippen LogP contribution in [0.2, 0.25) is 0 Å². The number of nitrogens with zero attached hydrogens (tertiary/aromatic N) is 1. The number of carbonyl (C=O) groups excluding carboxylic acids is 1. The molecule has 1 rings (SSSR count). The molecule has 0 saturated heterocycles. The van der Waals surface area contributed by atoms with Crippen molar-refractivity contribution in [3.05, 3.63) is 0 Å². The van der Waals surface area contributed by atoms with E-state index in [-0.39, 0.29) is 6.03 Å². The monoisotopic (exact) mass is 228 g/mol. The lowest BCUT2D eigenvalue weighted by atomic mass is 10.2. The molecule has 16 heavy (non-hydrogen) atoms. The molecule has 0 radical (unpaired) electrons. The smallest absolute Gasteiger partial charge is 0.326 e. The molecule has 1 aliphatic carbocycles. The van der Waals surface area contributed by atoms with Crippen LogP contribution in [0.5, 0.6) is 0 Å². The number of hydrogen-bond acceptors (Lipinski definition) is 2. The van der Waals surface area contributed by atoms with E-state index in [1.54, 1.807) is 11.8 Å². The van der Waals surface area contributed by atoms with Crippen molar-refractivity contribution in [2.75, 3.05) is 13.1 Å². The minimum Gasteiger partial charge on any atom is -0.480 e. The number of hydrogen-bond donors (Lipinski definition) is 2. The van der Waals surface area contributed by atoms with Crippen LogP contribution in [-0.2, 0) is 4.79 Å². The van der Waals surface area contributed by atoms with Crippen molar-refractivity contribution in [2.45, 2.75) is 39.2 Å². The van der Waals surface area contributed by atoms with Crippen molar-refractivity contribution >= 4 is 12.0 Å². The summed E-state index contributed by atoms with van der Waals surface area (Å²) in [6.45, 7) is 5.02. The fraction of sp³-hybridized carbons (Fsp3) is 0.818. The molecule has 0 heterocycles. The Bertz CT molecular complexity index is 264. The second kappa shape index (κ2) is 5.72. The molecule has 5 nitrogen and oxygen atoms in total. The van der Waals surface area contributed by atoms with Gasteiger partial charge in [0.25, 0.3) is 0 Å². The second-order valence-electron chi connectivity index (χ2n) is 4.23. The van der Waals surface area contributed by atoms with Gasteiger partial charge in [0.05, 0.1) is 0 Å². The van der Waals surface area contributed by atoms with Gasteiger partial charge in [-0.1, -0.05) is 6.92 Å². The van der Waals surface area contributed by atoms with E-state index in [1.165, 1.54) is 12.8 Å². The number of aliphatic carboxylic acids is 1. The average Bonchev–Trinajstić information content (AvgIpc) is 3.05. The molecule has 0 unspecified atom stereocenters. The maximum absolute atomic E-state index is 11.8. The number of carbonyl (C=O) groups is 2. The topological polar surface area (TPSA) is 69.6 Å². The van der Waals surface area contributed by atoms with E-state index < -0.39 is 12.0 Å². The summed E-state index contributed by atoms with van der Waals surface area (Å²) in [5.41, 5.74) is 0. The Kier molecular flexibility index (Phi) is 4.58. The van der Waals surface area contributed by atoms with Gasteiger partial charge in [-0.15, -0.1) is 0 Å². The van der Waals surface area contributed by atoms with E-state index in [0.717, 1.165) is 6.54 Å². The highest BCUT2D eigenvalue weighted by atomic mass is 16.4. The first-order valence-corrected chi connectivity index (χ1v) is 5.86. The van der Waals surface area contributed by atoms with Crippen LogP contribution in [0.4, 0.5) is 4.79 Å². The number of urea groups is 1. The molecule has 0 aromatic rings. The molecule has 1 fully saturated rings. The van der Waals surface area contributed by atoms with Crippen LogP contribution in [0.25, 0.3) is 0 Å². The first-order valence-electron chi connectivity index (χ1n) is 5.86. The Balaban J connectivity index is 2.43. The van der Waals surface area contributed by atoms with Crippen LogP contribution in [0.15, 0.2) is 0 Å². The van der Waals surface area contributed by atoms with E-state index in [0.29, 0.717) is 18.9 Å². The molecular formula is C11H20N2O3. The van der Waals surface area contributed by atoms with Crippen molar-refractivity contribution in [3.8, 4) is 0 Å². The number of amides is 2. The summed E-state index contributed by atoms with van der Waals surface area (Å²) in [5, 5.41) is 11.4. The predicted molar refractivity (Wildman–Crippen MR) is 60.2 cm³/mol. The molecule has 5 heteroatoms. The van der Waals surface area contributed by atoms with Gasteiger partial charge in [0.2, 0.25) is 0 Å². The molecule has 1 atom stereocenters. The van der Waals surface area contributed by atoms with E-state index in [9.17, 15) is 9.59 Å². The van der Waals surface area contributed by atoms with Crippen LogP contribution in [-0.4, -0.2) is 41.1 Å². The third kappa shape index (κ3) is 3.72. The molecule has 0 aliphatic heterocycles. The summed E-state index contributed by atoms with van der Waals surface area (Å²) in [5.74, 6) is -0.353. The van der Waals surface area contributed by atoms with Crippen molar-refractivity contribution < 1.29 is 14.7 Å². The maximum atomic E-state index is 11.8. The van der Waals surface area contributed by atoms with Gasteiger partial charge in [-0.25, -0.2) is 9.59 Å². The maximum Gasteiger partial charge on any atom is 0.326 e. The molecule has 1 aliphatic rings. The summed E-state index contributed by atoms with van der Waals surface area (Å²) in [7, 11) is 0. The minimum atomic E-state index is -0.974. The van der Waals surface area contributed by atoms with Crippen LogP contribution in [0.1, 0.15) is 33.1 Å². The van der Waals surface area contributed by atoms with Crippen molar-refractivity contribution in [3.63, 3.8) is 0 Å². The van der Waals surface area contributed by atoms with E-state index >= 15 is 0 Å². The third-order valence-corrected chi connectivity index (χ3v) is 2.85. The van der Waals surface area contributed by atoms with Crippen molar-refractivity contribution in [2.24, 2.45) is 5.92 Å². The zero-order valence-electron chi connectivity index (χ0n) is 9.90. The highest BCUT2D eigenvalue weighted by Crippen LogP contribution is 2.29. The molecule has 0 spiro atoms. The summed E-state index contributed by atoms with van der Waals surface area (Å²) in [4.78, 5) is 24.2. The van der Waals surface area contributed by atoms with Gasteiger partial charge in [-0.2, -0.15) is 0 Å². The van der Waals surface area contributed by atoms with E-state index in [2.05, 4.69) is 5.32 Å². The number of carboxylic acids is 1. The quantitative estimate of drug-likeness (QED) is 0.719. The van der Waals surface area contributed by atoms with Crippen molar-refractivity contribution in [1.82, 2.24) is 10.2 Å². The molecule has 92 valence electrons. The van der Waals surface area contributed by atoms with Crippen LogP contribution in [0.3, 0.4) is 0 Å². The second-order valence-corrected chi connectivity index (χ2v) is 4.23. The molecular weight excluding hydrogens is 208 g/mol. The summed E-state index contributed by atoms with van der Waals surface area (Å²) < 4.78 is 0. The van der Waals surface area contributed by atoms with Gasteiger partial charge in [-0.05, 0) is 32.1 Å². The SMILES string of the molecule is CC[C@H](NC(=O)N(CC)CC1CC1)C(=O)O. The van der Waals surface area contributed by atoms with Crippen LogP contribution >= 0.6 is 0 Å². The van der Waals surface area contributed by atoms with Crippen LogP contribution < -0.4 is 5.32 Å². The largest absolute Gasteiger partial charge is 0.480 e. The Morgan fingerprint density at radius 2 is 2.06 bits per heavy atom. The number of carboxylic acid groups (broad SMARTS) is 1. The highest BCUT2D eigenvalue weighted by Gasteiger charge is 2.27. The van der Waals surface area contributed by atoms with Crippen molar-refractivity contribution in [1.29, 1.82) is 0 Å². The van der Waals surface area contributed by atoms with Gasteiger partial charge in [0, 0.05) is 13.1 Å². The van der Waals surface area contributed by atoms with Gasteiger partial charge >= 0.3 is 12.0 Å². The standard InChI is InChI=1S/C11H20N2O3/c1-3-9(10(14)15)12-11(16)13(4-2)7-8-5-6-8/h8-9H,3-7H2,1-2H3,(H,12,16)(H,14,15)/t9-/m0/s1. The summed E-state index contributed by atoms with van der Waals surface area (Å²) >= 11 is 0. The molecule has 0 aromatic heterocycles. The zero-order chi connectivity index (χ0) is 12.1. The van der Waals surface area contributed by atoms with E-state index in [1.807, 2.05) is 6.92 Å². The minimum absolute atomic E-state index is 0.261. The number of rotatable bonds is 6. The average molecular weight is 228 g/mol. The molecule has 0 aromatic carbocycles. The Labute approximate surface area is 95.8 Å². The van der Waals surface area contributed by atoms with Gasteiger partial charge < -0.3 is 15.3 Å². The molecule has 2 amide bonds. The van der Waals surface area contributed by atoms with Gasteiger partial charge in [0.1, 0.15) is 6.04 Å². The van der Waals surface area contributed by atoms with Crippen LogP contribution in [0, 0.1) is 5.92 Å². The Morgan fingerprint density at radius 1 is 1.44 bits per heavy atom. The Morgan fingerprint density at radius 3 is 2.44 bits per heavy atom. The van der Waals surface area contributed by atoms with Gasteiger partial charge in [0.15, 0.2) is 0 Å².